The molecule has 2 aliphatic heterocycles. The molecule has 1 N–H and O–H groups in total. The molecule has 0 aromatic carbocycles. The topological polar surface area (TPSA) is 81.2 Å². The van der Waals surface area contributed by atoms with Crippen LogP contribution in [0.4, 0.5) is 0 Å². The normalized spacial score (nSPS) is 28.2. The van der Waals surface area contributed by atoms with E-state index >= 15 is 0 Å². The van der Waals surface area contributed by atoms with Crippen LogP contribution in [-0.2, 0) is 21.4 Å². The molecule has 0 spiro atoms. The summed E-state index contributed by atoms with van der Waals surface area (Å²) in [6, 6.07) is 1.94. The number of hydrogen-bond acceptors (Lipinski definition) is 5. The number of thiophene rings is 1. The minimum absolute atomic E-state index is 0.0352. The van der Waals surface area contributed by atoms with Gasteiger partial charge in [-0.25, -0.2) is 0 Å². The lowest BCUT2D eigenvalue weighted by molar-refractivity contribution is -0.143. The van der Waals surface area contributed by atoms with E-state index in [9.17, 15) is 18.3 Å². The summed E-state index contributed by atoms with van der Waals surface area (Å²) in [6.45, 7) is 1.49. The van der Waals surface area contributed by atoms with Gasteiger partial charge in [0, 0.05) is 46.2 Å². The van der Waals surface area contributed by atoms with E-state index in [1.807, 2.05) is 16.8 Å². The Balaban J connectivity index is 1.69. The maximum Gasteiger partial charge on any atom is 0.281 e. The van der Waals surface area contributed by atoms with Crippen molar-refractivity contribution in [1.29, 1.82) is 0 Å². The first-order chi connectivity index (χ1) is 11.7. The Labute approximate surface area is 153 Å². The van der Waals surface area contributed by atoms with Crippen molar-refractivity contribution in [1.82, 2.24) is 13.5 Å². The van der Waals surface area contributed by atoms with Crippen LogP contribution in [0.3, 0.4) is 0 Å². The molecular weight excluding hydrogens is 362 g/mol. The molecule has 2 saturated heterocycles. The monoisotopic (exact) mass is 387 g/mol. The van der Waals surface area contributed by atoms with Crippen molar-refractivity contribution in [3.05, 3.63) is 22.4 Å². The van der Waals surface area contributed by atoms with Gasteiger partial charge >= 0.3 is 0 Å². The molecule has 1 aromatic heterocycles. The van der Waals surface area contributed by atoms with Gasteiger partial charge in [-0.05, 0) is 35.2 Å². The van der Waals surface area contributed by atoms with E-state index < -0.39 is 15.8 Å². The minimum Gasteiger partial charge on any atom is -0.389 e. The first-order valence-electron chi connectivity index (χ1n) is 8.41. The molecule has 1 amide bonds. The predicted molar refractivity (Wildman–Crippen MR) is 96.5 cm³/mol. The molecule has 1 aromatic rings. The fraction of sp³-hybridized carbons (Fsp3) is 0.688. The maximum absolute atomic E-state index is 12.5. The van der Waals surface area contributed by atoms with Crippen molar-refractivity contribution in [3.8, 4) is 0 Å². The van der Waals surface area contributed by atoms with Crippen LogP contribution in [0.2, 0.25) is 0 Å². The highest BCUT2D eigenvalue weighted by Gasteiger charge is 2.48. The van der Waals surface area contributed by atoms with E-state index in [2.05, 4.69) is 0 Å². The molecule has 0 bridgehead atoms. The minimum atomic E-state index is -3.50. The van der Waals surface area contributed by atoms with Crippen molar-refractivity contribution in [3.63, 3.8) is 0 Å². The first-order valence-corrected chi connectivity index (χ1v) is 10.8. The molecule has 9 heteroatoms. The van der Waals surface area contributed by atoms with Crippen LogP contribution in [0, 0.1) is 5.92 Å². The molecule has 3 rings (SSSR count). The van der Waals surface area contributed by atoms with Crippen molar-refractivity contribution in [2.24, 2.45) is 5.92 Å². The van der Waals surface area contributed by atoms with Crippen LogP contribution in [-0.4, -0.2) is 78.8 Å². The Hall–Kier alpha value is -1.000. The van der Waals surface area contributed by atoms with Gasteiger partial charge < -0.3 is 10.0 Å². The summed E-state index contributed by atoms with van der Waals surface area (Å²) < 4.78 is 27.4. The number of likely N-dealkylation sites (tertiary alicyclic amines) is 1. The lowest BCUT2D eigenvalue weighted by Crippen LogP contribution is -2.62. The maximum atomic E-state index is 12.5. The van der Waals surface area contributed by atoms with Crippen LogP contribution in [0.5, 0.6) is 0 Å². The van der Waals surface area contributed by atoms with Crippen molar-refractivity contribution >= 4 is 27.5 Å². The number of carbonyl (C=O) groups is 1. The van der Waals surface area contributed by atoms with Gasteiger partial charge in [0.25, 0.3) is 10.2 Å². The highest BCUT2D eigenvalue weighted by molar-refractivity contribution is 7.86. The average Bonchev–Trinajstić information content (AvgIpc) is 3.06. The molecule has 0 saturated carbocycles. The molecule has 3 heterocycles. The number of carbonyl (C=O) groups excluding carboxylic acids is 1. The predicted octanol–water partition coefficient (Wildman–Crippen LogP) is 0.382. The van der Waals surface area contributed by atoms with Gasteiger partial charge in [-0.1, -0.05) is 0 Å². The molecule has 0 radical (unpaired) electrons. The number of aliphatic hydroxyl groups is 1. The number of hydrogen-bond donors (Lipinski definition) is 1. The number of nitrogens with zero attached hydrogens (tertiary/aromatic N) is 3. The van der Waals surface area contributed by atoms with Crippen molar-refractivity contribution < 1.29 is 18.3 Å². The smallest absolute Gasteiger partial charge is 0.281 e. The fourth-order valence-electron chi connectivity index (χ4n) is 3.62. The summed E-state index contributed by atoms with van der Waals surface area (Å²) in [7, 11) is -0.487. The Morgan fingerprint density at radius 2 is 2.08 bits per heavy atom. The van der Waals surface area contributed by atoms with E-state index in [0.29, 0.717) is 38.9 Å². The van der Waals surface area contributed by atoms with Gasteiger partial charge in [-0.15, -0.1) is 0 Å². The van der Waals surface area contributed by atoms with Crippen LogP contribution < -0.4 is 0 Å². The third-order valence-electron chi connectivity index (χ3n) is 5.31. The molecule has 25 heavy (non-hydrogen) atoms. The number of piperidine rings is 2. The summed E-state index contributed by atoms with van der Waals surface area (Å²) in [5.74, 6) is -0.218. The van der Waals surface area contributed by atoms with Crippen LogP contribution in [0.15, 0.2) is 16.8 Å². The van der Waals surface area contributed by atoms with Gasteiger partial charge in [-0.2, -0.15) is 28.4 Å². The van der Waals surface area contributed by atoms with Gasteiger partial charge in [0.15, 0.2) is 0 Å². The third-order valence-corrected chi connectivity index (χ3v) is 7.95. The first kappa shape index (κ1) is 18.8. The highest BCUT2D eigenvalue weighted by Crippen LogP contribution is 2.36. The zero-order valence-corrected chi connectivity index (χ0v) is 16.2. The number of fused-ring (bicyclic) bond motifs is 1. The third kappa shape index (κ3) is 3.75. The zero-order chi connectivity index (χ0) is 18.2. The van der Waals surface area contributed by atoms with E-state index in [1.165, 1.54) is 22.7 Å². The Bertz CT molecular complexity index is 720. The summed E-state index contributed by atoms with van der Waals surface area (Å²) in [6.07, 6.45) is 1.27. The molecule has 2 aliphatic rings. The Morgan fingerprint density at radius 1 is 1.36 bits per heavy atom. The van der Waals surface area contributed by atoms with Crippen LogP contribution in [0.25, 0.3) is 0 Å². The molecule has 2 fully saturated rings. The van der Waals surface area contributed by atoms with Gasteiger partial charge in [0.1, 0.15) is 0 Å². The second-order valence-corrected chi connectivity index (χ2v) is 10.0. The molecule has 2 atom stereocenters. The molecule has 140 valence electrons. The Kier molecular flexibility index (Phi) is 5.23. The second-order valence-electron chi connectivity index (χ2n) is 7.10. The van der Waals surface area contributed by atoms with E-state index in [4.69, 9.17) is 0 Å². The molecular formula is C16H25N3O4S2. The standard InChI is InChI=1S/C16H25N3O4S2/c1-17(2)25(22,23)19-7-5-16(21)4-6-18(10-14(16)11-19)15(20)9-13-3-8-24-12-13/h3,8,12,14,21H,4-7,9-11H2,1-2H3/t14-,16-/m1/s1. The van der Waals surface area contributed by atoms with Crippen molar-refractivity contribution in [2.45, 2.75) is 24.9 Å². The summed E-state index contributed by atoms with van der Waals surface area (Å²) in [4.78, 5) is 14.3. The summed E-state index contributed by atoms with van der Waals surface area (Å²) >= 11 is 1.56. The summed E-state index contributed by atoms with van der Waals surface area (Å²) in [5, 5.41) is 14.8. The van der Waals surface area contributed by atoms with Gasteiger partial charge in [0.2, 0.25) is 5.91 Å². The second kappa shape index (κ2) is 6.96. The number of amides is 1. The highest BCUT2D eigenvalue weighted by atomic mass is 32.2. The molecule has 7 nitrogen and oxygen atoms in total. The lowest BCUT2D eigenvalue weighted by Gasteiger charge is -2.50. The molecule has 0 aliphatic carbocycles. The number of rotatable bonds is 4. The Morgan fingerprint density at radius 3 is 2.72 bits per heavy atom. The van der Waals surface area contributed by atoms with Gasteiger partial charge in [-0.3, -0.25) is 4.79 Å². The fourth-order valence-corrected chi connectivity index (χ4v) is 5.44. The lowest BCUT2D eigenvalue weighted by atomic mass is 9.76. The largest absolute Gasteiger partial charge is 0.389 e. The van der Waals surface area contributed by atoms with Crippen molar-refractivity contribution in [2.75, 3.05) is 40.3 Å². The van der Waals surface area contributed by atoms with Crippen LogP contribution in [0.1, 0.15) is 18.4 Å². The quantitative estimate of drug-likeness (QED) is 0.810. The zero-order valence-electron chi connectivity index (χ0n) is 14.6. The van der Waals surface area contributed by atoms with E-state index in [1.54, 1.807) is 16.2 Å². The summed E-state index contributed by atoms with van der Waals surface area (Å²) in [5.41, 5.74) is 0.119. The van der Waals surface area contributed by atoms with Crippen LogP contribution >= 0.6 is 11.3 Å². The SMILES string of the molecule is CN(C)S(=O)(=O)N1CC[C@]2(O)CCN(C(=O)Cc3ccsc3)C[C@@H]2C1. The van der Waals surface area contributed by atoms with E-state index in [0.717, 1.165) is 5.56 Å². The van der Waals surface area contributed by atoms with Gasteiger partial charge in [0.05, 0.1) is 12.0 Å². The average molecular weight is 388 g/mol. The molecule has 0 unspecified atom stereocenters. The van der Waals surface area contributed by atoms with E-state index in [-0.39, 0.29) is 18.4 Å².